The molecule has 0 spiro atoms. The fourth-order valence-electron chi connectivity index (χ4n) is 3.94. The number of benzene rings is 1. The van der Waals surface area contributed by atoms with E-state index in [2.05, 4.69) is 15.3 Å². The zero-order valence-corrected chi connectivity index (χ0v) is 15.5. The number of fused-ring (bicyclic) bond motifs is 2. The Hall–Kier alpha value is -2.06. The molecule has 1 fully saturated rings. The van der Waals surface area contributed by atoms with Crippen LogP contribution < -0.4 is 14.5 Å². The number of rotatable bonds is 4. The van der Waals surface area contributed by atoms with Gasteiger partial charge in [-0.05, 0) is 30.9 Å². The standard InChI is InChI=1S/C18H23N5O2S/c24-26(25,18-12-20-22-8-7-19-11-17(18)22)23-10-9-21(13-14-5-6-14)15-3-1-2-4-16(15)23/h1-4,12,14,19H,5-11,13H2. The number of nitrogens with one attached hydrogen (secondary N) is 1. The molecule has 1 saturated carbocycles. The van der Waals surface area contributed by atoms with E-state index >= 15 is 0 Å². The predicted octanol–water partition coefficient (Wildman–Crippen LogP) is 1.41. The summed E-state index contributed by atoms with van der Waals surface area (Å²) >= 11 is 0. The van der Waals surface area contributed by atoms with Crippen molar-refractivity contribution in [3.63, 3.8) is 0 Å². The number of aromatic nitrogens is 2. The van der Waals surface area contributed by atoms with Gasteiger partial charge in [0.05, 0.1) is 36.4 Å². The van der Waals surface area contributed by atoms with Gasteiger partial charge in [-0.25, -0.2) is 8.42 Å². The zero-order chi connectivity index (χ0) is 17.7. The number of sulfonamides is 1. The third-order valence-corrected chi connectivity index (χ3v) is 7.37. The van der Waals surface area contributed by atoms with Crippen LogP contribution in [0, 0.1) is 5.92 Å². The summed E-state index contributed by atoms with van der Waals surface area (Å²) in [6.45, 7) is 4.29. The zero-order valence-electron chi connectivity index (χ0n) is 14.6. The van der Waals surface area contributed by atoms with Crippen molar-refractivity contribution in [2.24, 2.45) is 5.92 Å². The van der Waals surface area contributed by atoms with Crippen molar-refractivity contribution in [2.45, 2.75) is 30.8 Å². The second-order valence-corrected chi connectivity index (χ2v) is 9.14. The lowest BCUT2D eigenvalue weighted by Crippen LogP contribution is -2.45. The van der Waals surface area contributed by atoms with Crippen LogP contribution in [0.2, 0.25) is 0 Å². The Balaban J connectivity index is 1.53. The van der Waals surface area contributed by atoms with Crippen LogP contribution in [-0.4, -0.2) is 44.4 Å². The number of nitrogens with zero attached hydrogens (tertiary/aromatic N) is 4. The van der Waals surface area contributed by atoms with Gasteiger partial charge in [0.2, 0.25) is 0 Å². The summed E-state index contributed by atoms with van der Waals surface area (Å²) in [4.78, 5) is 2.67. The first kappa shape index (κ1) is 16.1. The Bertz CT molecular complexity index is 935. The number of anilines is 2. The lowest BCUT2D eigenvalue weighted by molar-refractivity contribution is 0.470. The van der Waals surface area contributed by atoms with E-state index in [9.17, 15) is 8.42 Å². The smallest absolute Gasteiger partial charge is 0.267 e. The number of hydrogen-bond donors (Lipinski definition) is 1. The number of para-hydroxylation sites is 2. The summed E-state index contributed by atoms with van der Waals surface area (Å²) in [5, 5.41) is 7.54. The summed E-state index contributed by atoms with van der Waals surface area (Å²) in [7, 11) is -3.63. The van der Waals surface area contributed by atoms with Gasteiger partial charge < -0.3 is 10.2 Å². The van der Waals surface area contributed by atoms with Crippen molar-refractivity contribution in [3.05, 3.63) is 36.2 Å². The predicted molar refractivity (Wildman–Crippen MR) is 99.8 cm³/mol. The van der Waals surface area contributed by atoms with Gasteiger partial charge in [0, 0.05) is 26.2 Å². The molecule has 2 aliphatic heterocycles. The molecule has 26 heavy (non-hydrogen) atoms. The third kappa shape index (κ3) is 2.59. The molecule has 1 aromatic heterocycles. The minimum Gasteiger partial charge on any atom is -0.368 e. The lowest BCUT2D eigenvalue weighted by Gasteiger charge is -2.38. The van der Waals surface area contributed by atoms with Crippen molar-refractivity contribution in [1.82, 2.24) is 15.1 Å². The van der Waals surface area contributed by atoms with Gasteiger partial charge in [-0.15, -0.1) is 0 Å². The van der Waals surface area contributed by atoms with Crippen LogP contribution in [0.15, 0.2) is 35.4 Å². The Morgan fingerprint density at radius 2 is 1.92 bits per heavy atom. The van der Waals surface area contributed by atoms with Crippen molar-refractivity contribution < 1.29 is 8.42 Å². The molecule has 3 heterocycles. The maximum Gasteiger partial charge on any atom is 0.267 e. The quantitative estimate of drug-likeness (QED) is 0.878. The molecule has 138 valence electrons. The summed E-state index contributed by atoms with van der Waals surface area (Å²) in [5.74, 6) is 0.764. The van der Waals surface area contributed by atoms with E-state index in [4.69, 9.17) is 0 Å². The van der Waals surface area contributed by atoms with Crippen molar-refractivity contribution in [2.75, 3.05) is 35.4 Å². The van der Waals surface area contributed by atoms with Crippen LogP contribution >= 0.6 is 0 Å². The molecule has 0 radical (unpaired) electrons. The first-order chi connectivity index (χ1) is 12.6. The van der Waals surface area contributed by atoms with E-state index in [0.29, 0.717) is 24.5 Å². The molecular weight excluding hydrogens is 350 g/mol. The van der Waals surface area contributed by atoms with Crippen molar-refractivity contribution in [1.29, 1.82) is 0 Å². The molecule has 1 aromatic carbocycles. The largest absolute Gasteiger partial charge is 0.368 e. The average molecular weight is 373 g/mol. The van der Waals surface area contributed by atoms with Crippen LogP contribution in [0.5, 0.6) is 0 Å². The van der Waals surface area contributed by atoms with Crippen molar-refractivity contribution in [3.8, 4) is 0 Å². The average Bonchev–Trinajstić information content (AvgIpc) is 3.36. The molecule has 2 aromatic rings. The summed E-state index contributed by atoms with van der Waals surface area (Å²) < 4.78 is 30.3. The molecule has 0 amide bonds. The fourth-order valence-corrected chi connectivity index (χ4v) is 5.57. The Morgan fingerprint density at radius 3 is 2.73 bits per heavy atom. The van der Waals surface area contributed by atoms with Gasteiger partial charge in [-0.3, -0.25) is 8.99 Å². The Kier molecular flexibility index (Phi) is 3.72. The Morgan fingerprint density at radius 1 is 1.12 bits per heavy atom. The highest BCUT2D eigenvalue weighted by Crippen LogP contribution is 2.39. The van der Waals surface area contributed by atoms with Gasteiger partial charge in [-0.2, -0.15) is 5.10 Å². The van der Waals surface area contributed by atoms with Crippen LogP contribution in [0.4, 0.5) is 11.4 Å². The lowest BCUT2D eigenvalue weighted by atomic mass is 10.2. The first-order valence-electron chi connectivity index (χ1n) is 9.27. The van der Waals surface area contributed by atoms with Gasteiger partial charge >= 0.3 is 0 Å². The van der Waals surface area contributed by atoms with E-state index in [1.165, 1.54) is 19.0 Å². The molecule has 0 atom stereocenters. The molecule has 0 unspecified atom stereocenters. The molecule has 1 aliphatic carbocycles. The van der Waals surface area contributed by atoms with E-state index < -0.39 is 10.0 Å². The highest BCUT2D eigenvalue weighted by Gasteiger charge is 2.36. The molecule has 8 heteroatoms. The SMILES string of the molecule is O=S(=O)(c1cnn2c1CNCC2)N1CCN(CC2CC2)c2ccccc21. The van der Waals surface area contributed by atoms with Crippen LogP contribution in [-0.2, 0) is 23.1 Å². The van der Waals surface area contributed by atoms with E-state index in [0.717, 1.165) is 42.6 Å². The molecule has 0 bridgehead atoms. The normalized spacial score (nSPS) is 20.0. The fraction of sp³-hybridized carbons (Fsp3) is 0.500. The van der Waals surface area contributed by atoms with Crippen LogP contribution in [0.25, 0.3) is 0 Å². The van der Waals surface area contributed by atoms with Crippen molar-refractivity contribution >= 4 is 21.4 Å². The van der Waals surface area contributed by atoms with Gasteiger partial charge in [0.25, 0.3) is 10.0 Å². The number of hydrogen-bond acceptors (Lipinski definition) is 5. The van der Waals surface area contributed by atoms with Gasteiger partial charge in [0.15, 0.2) is 0 Å². The van der Waals surface area contributed by atoms with Crippen LogP contribution in [0.3, 0.4) is 0 Å². The topological polar surface area (TPSA) is 70.5 Å². The molecule has 5 rings (SSSR count). The first-order valence-corrected chi connectivity index (χ1v) is 10.7. The molecule has 7 nitrogen and oxygen atoms in total. The second-order valence-electron chi connectivity index (χ2n) is 7.31. The molecule has 1 N–H and O–H groups in total. The monoisotopic (exact) mass is 373 g/mol. The minimum absolute atomic E-state index is 0.329. The highest BCUT2D eigenvalue weighted by atomic mass is 32.2. The van der Waals surface area contributed by atoms with Gasteiger partial charge in [0.1, 0.15) is 4.90 Å². The minimum atomic E-state index is -3.63. The summed E-state index contributed by atoms with van der Waals surface area (Å²) in [6, 6.07) is 7.85. The summed E-state index contributed by atoms with van der Waals surface area (Å²) in [5.41, 5.74) is 2.56. The molecule has 0 saturated heterocycles. The van der Waals surface area contributed by atoms with E-state index in [1.54, 1.807) is 8.99 Å². The van der Waals surface area contributed by atoms with E-state index in [-0.39, 0.29) is 0 Å². The summed E-state index contributed by atoms with van der Waals surface area (Å²) in [6.07, 6.45) is 4.09. The maximum absolute atomic E-state index is 13.5. The second kappa shape index (κ2) is 5.99. The third-order valence-electron chi connectivity index (χ3n) is 5.51. The van der Waals surface area contributed by atoms with E-state index in [1.807, 2.05) is 24.3 Å². The maximum atomic E-state index is 13.5. The highest BCUT2D eigenvalue weighted by molar-refractivity contribution is 7.92. The molecular formula is C18H23N5O2S. The molecule has 3 aliphatic rings. The van der Waals surface area contributed by atoms with Crippen LogP contribution in [0.1, 0.15) is 18.5 Å². The Labute approximate surface area is 153 Å². The van der Waals surface area contributed by atoms with Gasteiger partial charge in [-0.1, -0.05) is 12.1 Å².